The SMILES string of the molecule is Cc1c(C2C=Cc3ccccc32)c(Br)cc2ccccc12. The predicted molar refractivity (Wildman–Crippen MR) is 93.7 cm³/mol. The average Bonchev–Trinajstić information content (AvgIpc) is 2.91. The molecule has 0 radical (unpaired) electrons. The molecule has 3 aromatic rings. The van der Waals surface area contributed by atoms with Crippen LogP contribution in [0.15, 0.2) is 65.1 Å². The summed E-state index contributed by atoms with van der Waals surface area (Å²) < 4.78 is 1.20. The highest BCUT2D eigenvalue weighted by molar-refractivity contribution is 9.10. The van der Waals surface area contributed by atoms with Crippen LogP contribution in [0, 0.1) is 6.92 Å². The van der Waals surface area contributed by atoms with Gasteiger partial charge in [-0.1, -0.05) is 76.6 Å². The van der Waals surface area contributed by atoms with Gasteiger partial charge >= 0.3 is 0 Å². The Kier molecular flexibility index (Phi) is 2.97. The zero-order valence-corrected chi connectivity index (χ0v) is 13.4. The molecule has 1 unspecified atom stereocenters. The van der Waals surface area contributed by atoms with Crippen LogP contribution in [0.2, 0.25) is 0 Å². The van der Waals surface area contributed by atoms with Gasteiger partial charge in [0.25, 0.3) is 0 Å². The number of benzene rings is 3. The minimum atomic E-state index is 0.347. The van der Waals surface area contributed by atoms with Gasteiger partial charge < -0.3 is 0 Å². The molecule has 0 N–H and O–H groups in total. The van der Waals surface area contributed by atoms with E-state index in [4.69, 9.17) is 0 Å². The van der Waals surface area contributed by atoms with Gasteiger partial charge in [-0.15, -0.1) is 0 Å². The normalized spacial score (nSPS) is 16.4. The molecule has 0 aromatic heterocycles. The third-order valence-electron chi connectivity index (χ3n) is 4.42. The minimum absolute atomic E-state index is 0.347. The Labute approximate surface area is 133 Å². The molecule has 1 heteroatoms. The molecule has 21 heavy (non-hydrogen) atoms. The van der Waals surface area contributed by atoms with Gasteiger partial charge in [0, 0.05) is 10.4 Å². The number of hydrogen-bond donors (Lipinski definition) is 0. The zero-order valence-electron chi connectivity index (χ0n) is 11.8. The van der Waals surface area contributed by atoms with Gasteiger partial charge in [0.05, 0.1) is 0 Å². The fraction of sp³-hybridized carbons (Fsp3) is 0.100. The van der Waals surface area contributed by atoms with Crippen LogP contribution >= 0.6 is 15.9 Å². The van der Waals surface area contributed by atoms with Gasteiger partial charge in [-0.2, -0.15) is 0 Å². The Hall–Kier alpha value is -1.86. The smallest absolute Gasteiger partial charge is 0.0292 e. The van der Waals surface area contributed by atoms with E-state index in [-0.39, 0.29) is 0 Å². The molecule has 0 saturated heterocycles. The molecule has 0 saturated carbocycles. The lowest BCUT2D eigenvalue weighted by atomic mass is 9.88. The summed E-state index contributed by atoms with van der Waals surface area (Å²) in [6, 6.07) is 19.5. The van der Waals surface area contributed by atoms with Crippen LogP contribution in [0.25, 0.3) is 16.8 Å². The predicted octanol–water partition coefficient (Wildman–Crippen LogP) is 6.07. The minimum Gasteiger partial charge on any atom is -0.0720 e. The summed E-state index contributed by atoms with van der Waals surface area (Å²) >= 11 is 3.80. The second-order valence-corrected chi connectivity index (χ2v) is 6.44. The Balaban J connectivity index is 1.98. The summed E-state index contributed by atoms with van der Waals surface area (Å²) in [5.41, 5.74) is 5.49. The molecule has 1 aliphatic carbocycles. The van der Waals surface area contributed by atoms with Crippen LogP contribution in [0.3, 0.4) is 0 Å². The first-order valence-electron chi connectivity index (χ1n) is 7.20. The number of hydrogen-bond acceptors (Lipinski definition) is 0. The second-order valence-electron chi connectivity index (χ2n) is 5.58. The first-order chi connectivity index (χ1) is 10.3. The molecule has 4 rings (SSSR count). The monoisotopic (exact) mass is 334 g/mol. The van der Waals surface area contributed by atoms with Crippen molar-refractivity contribution in [2.24, 2.45) is 0 Å². The lowest BCUT2D eigenvalue weighted by Crippen LogP contribution is -2.01. The molecular formula is C20H15Br. The molecule has 0 heterocycles. The quantitative estimate of drug-likeness (QED) is 0.506. The molecule has 102 valence electrons. The van der Waals surface area contributed by atoms with Crippen molar-refractivity contribution in [1.29, 1.82) is 0 Å². The number of allylic oxidation sites excluding steroid dienone is 1. The molecule has 0 nitrogen and oxygen atoms in total. The van der Waals surface area contributed by atoms with E-state index >= 15 is 0 Å². The van der Waals surface area contributed by atoms with E-state index < -0.39 is 0 Å². The van der Waals surface area contributed by atoms with E-state index in [0.29, 0.717) is 5.92 Å². The van der Waals surface area contributed by atoms with E-state index in [1.165, 1.54) is 37.5 Å². The molecule has 0 aliphatic heterocycles. The van der Waals surface area contributed by atoms with E-state index in [1.807, 2.05) is 0 Å². The highest BCUT2D eigenvalue weighted by Crippen LogP contribution is 2.42. The maximum Gasteiger partial charge on any atom is 0.0292 e. The second kappa shape index (κ2) is 4.85. The van der Waals surface area contributed by atoms with E-state index in [9.17, 15) is 0 Å². The fourth-order valence-corrected chi connectivity index (χ4v) is 4.18. The van der Waals surface area contributed by atoms with Crippen molar-refractivity contribution in [1.82, 2.24) is 0 Å². The summed E-state index contributed by atoms with van der Waals surface area (Å²) in [5, 5.41) is 2.63. The summed E-state index contributed by atoms with van der Waals surface area (Å²) in [6.07, 6.45) is 4.55. The van der Waals surface area contributed by atoms with Crippen LogP contribution in [-0.4, -0.2) is 0 Å². The first-order valence-corrected chi connectivity index (χ1v) is 8.00. The summed E-state index contributed by atoms with van der Waals surface area (Å²) in [6.45, 7) is 2.23. The number of rotatable bonds is 1. The highest BCUT2D eigenvalue weighted by atomic mass is 79.9. The summed E-state index contributed by atoms with van der Waals surface area (Å²) in [4.78, 5) is 0. The maximum atomic E-state index is 3.80. The lowest BCUT2D eigenvalue weighted by molar-refractivity contribution is 1.03. The number of aryl methyl sites for hydroxylation is 1. The molecule has 0 amide bonds. The third-order valence-corrected chi connectivity index (χ3v) is 5.07. The zero-order chi connectivity index (χ0) is 14.4. The van der Waals surface area contributed by atoms with Crippen LogP contribution in [0.5, 0.6) is 0 Å². The van der Waals surface area contributed by atoms with Crippen LogP contribution in [0.1, 0.15) is 28.2 Å². The Morgan fingerprint density at radius 3 is 2.62 bits per heavy atom. The van der Waals surface area contributed by atoms with Crippen molar-refractivity contribution in [3.05, 3.63) is 87.4 Å². The van der Waals surface area contributed by atoms with Gasteiger partial charge in [0.2, 0.25) is 0 Å². The topological polar surface area (TPSA) is 0 Å². The average molecular weight is 335 g/mol. The van der Waals surface area contributed by atoms with E-state index in [0.717, 1.165) is 0 Å². The number of halogens is 1. The van der Waals surface area contributed by atoms with Crippen molar-refractivity contribution < 1.29 is 0 Å². The van der Waals surface area contributed by atoms with Crippen LogP contribution < -0.4 is 0 Å². The fourth-order valence-electron chi connectivity index (χ4n) is 3.39. The van der Waals surface area contributed by atoms with Gasteiger partial charge in [-0.3, -0.25) is 0 Å². The molecule has 0 bridgehead atoms. The van der Waals surface area contributed by atoms with Crippen molar-refractivity contribution >= 4 is 32.8 Å². The molecule has 1 aliphatic rings. The van der Waals surface area contributed by atoms with E-state index in [1.54, 1.807) is 0 Å². The summed E-state index contributed by atoms with van der Waals surface area (Å²) in [7, 11) is 0. The highest BCUT2D eigenvalue weighted by Gasteiger charge is 2.23. The third kappa shape index (κ3) is 1.96. The molecule has 0 fully saturated rings. The lowest BCUT2D eigenvalue weighted by Gasteiger charge is -2.18. The van der Waals surface area contributed by atoms with Gasteiger partial charge in [0.1, 0.15) is 0 Å². The van der Waals surface area contributed by atoms with Gasteiger partial charge in [0.15, 0.2) is 0 Å². The Bertz CT molecular complexity index is 874. The molecular weight excluding hydrogens is 320 g/mol. The Morgan fingerprint density at radius 2 is 1.71 bits per heavy atom. The molecule has 1 atom stereocenters. The van der Waals surface area contributed by atoms with Gasteiger partial charge in [-0.05, 0) is 46.0 Å². The van der Waals surface area contributed by atoms with Gasteiger partial charge in [-0.25, -0.2) is 0 Å². The van der Waals surface area contributed by atoms with Crippen molar-refractivity contribution in [2.45, 2.75) is 12.8 Å². The van der Waals surface area contributed by atoms with E-state index in [2.05, 4.69) is 89.6 Å². The number of fused-ring (bicyclic) bond motifs is 2. The Morgan fingerprint density at radius 1 is 0.952 bits per heavy atom. The first kappa shape index (κ1) is 12.8. The largest absolute Gasteiger partial charge is 0.0720 e. The van der Waals surface area contributed by atoms with Crippen molar-refractivity contribution in [3.63, 3.8) is 0 Å². The molecule has 0 spiro atoms. The van der Waals surface area contributed by atoms with Crippen molar-refractivity contribution in [2.75, 3.05) is 0 Å². The van der Waals surface area contributed by atoms with Crippen LogP contribution in [0.4, 0.5) is 0 Å². The summed E-state index contributed by atoms with van der Waals surface area (Å²) in [5.74, 6) is 0.347. The molecule has 3 aromatic carbocycles. The van der Waals surface area contributed by atoms with Crippen LogP contribution in [-0.2, 0) is 0 Å². The maximum absolute atomic E-state index is 3.80. The van der Waals surface area contributed by atoms with Crippen molar-refractivity contribution in [3.8, 4) is 0 Å². The standard InChI is InChI=1S/C20H15Br/c1-13-16-8-4-3-7-15(16)12-19(21)20(13)18-11-10-14-6-2-5-9-17(14)18/h2-12,18H,1H3.